The van der Waals surface area contributed by atoms with Crippen molar-refractivity contribution in [1.29, 1.82) is 0 Å². The number of anilines is 2. The second kappa shape index (κ2) is 5.76. The number of thiophene rings is 1. The molecule has 1 saturated heterocycles. The Morgan fingerprint density at radius 3 is 2.57 bits per heavy atom. The molecule has 1 aromatic rings. The number of ether oxygens (including phenoxy) is 1. The second-order valence-corrected chi connectivity index (χ2v) is 8.21. The third-order valence-electron chi connectivity index (χ3n) is 3.26. The van der Waals surface area contributed by atoms with Gasteiger partial charge in [0, 0.05) is 23.6 Å². The predicted molar refractivity (Wildman–Crippen MR) is 87.3 cm³/mol. The summed E-state index contributed by atoms with van der Waals surface area (Å²) in [6, 6.07) is 0. The van der Waals surface area contributed by atoms with Gasteiger partial charge in [-0.25, -0.2) is 4.79 Å². The van der Waals surface area contributed by atoms with Crippen molar-refractivity contribution in [1.82, 2.24) is 0 Å². The minimum absolute atomic E-state index is 0.0668. The molecule has 2 rings (SSSR count). The average molecular weight is 329 g/mol. The van der Waals surface area contributed by atoms with Crippen molar-refractivity contribution < 1.29 is 14.3 Å². The number of hydrogen-bond acceptors (Lipinski definition) is 7. The molecule has 1 fully saturated rings. The van der Waals surface area contributed by atoms with Gasteiger partial charge in [-0.1, -0.05) is 0 Å². The van der Waals surface area contributed by atoms with E-state index in [1.54, 1.807) is 0 Å². The normalized spacial score (nSPS) is 17.6. The summed E-state index contributed by atoms with van der Waals surface area (Å²) in [6.07, 6.45) is 0. The predicted octanol–water partition coefficient (Wildman–Crippen LogP) is 1.55. The first-order valence-electron chi connectivity index (χ1n) is 6.46. The van der Waals surface area contributed by atoms with Gasteiger partial charge in [0.1, 0.15) is 9.88 Å². The van der Waals surface area contributed by atoms with Crippen LogP contribution in [0.2, 0.25) is 0 Å². The van der Waals surface area contributed by atoms with Gasteiger partial charge in [0.15, 0.2) is 0 Å². The lowest BCUT2D eigenvalue weighted by Crippen LogP contribution is -2.43. The number of nitrogen functional groups attached to an aromatic ring is 1. The van der Waals surface area contributed by atoms with E-state index in [-0.39, 0.29) is 20.9 Å². The topological polar surface area (TPSA) is 98.6 Å². The number of hydrogen-bond donors (Lipinski definition) is 2. The minimum atomic E-state index is -0.620. The number of esters is 1. The molecule has 0 aromatic carbocycles. The zero-order chi connectivity index (χ0) is 15.8. The number of thioether (sulfide) groups is 1. The van der Waals surface area contributed by atoms with Crippen molar-refractivity contribution in [2.75, 3.05) is 36.6 Å². The quantitative estimate of drug-likeness (QED) is 0.816. The molecule has 0 unspecified atom stereocenters. The molecular weight excluding hydrogens is 310 g/mol. The molecule has 21 heavy (non-hydrogen) atoms. The van der Waals surface area contributed by atoms with Crippen molar-refractivity contribution >= 4 is 45.7 Å². The Balaban J connectivity index is 2.47. The number of nitrogens with zero attached hydrogens (tertiary/aromatic N) is 1. The van der Waals surface area contributed by atoms with Crippen LogP contribution in [0.4, 0.5) is 10.7 Å². The van der Waals surface area contributed by atoms with Crippen molar-refractivity contribution in [3.8, 4) is 0 Å². The molecule has 1 aliphatic heterocycles. The fourth-order valence-corrected chi connectivity index (χ4v) is 4.61. The van der Waals surface area contributed by atoms with Gasteiger partial charge in [-0.15, -0.1) is 11.3 Å². The zero-order valence-electron chi connectivity index (χ0n) is 12.3. The van der Waals surface area contributed by atoms with Crippen LogP contribution in [0.25, 0.3) is 0 Å². The molecule has 2 heterocycles. The average Bonchev–Trinajstić information content (AvgIpc) is 2.74. The Hall–Kier alpha value is -1.41. The number of carbonyl (C=O) groups excluding carboxylic acids is 2. The maximum absolute atomic E-state index is 11.8. The number of methoxy groups -OCH3 is 1. The van der Waals surface area contributed by atoms with Gasteiger partial charge in [0.25, 0.3) is 5.91 Å². The van der Waals surface area contributed by atoms with Crippen LogP contribution in [0, 0.1) is 0 Å². The Morgan fingerprint density at radius 2 is 2.05 bits per heavy atom. The van der Waals surface area contributed by atoms with E-state index in [0.717, 1.165) is 18.8 Å². The van der Waals surface area contributed by atoms with Gasteiger partial charge in [-0.05, 0) is 13.8 Å². The lowest BCUT2D eigenvalue weighted by molar-refractivity contribution is 0.0607. The second-order valence-electron chi connectivity index (χ2n) is 5.41. The highest BCUT2D eigenvalue weighted by Gasteiger charge is 2.33. The molecule has 0 spiro atoms. The van der Waals surface area contributed by atoms with Crippen LogP contribution in [0.1, 0.15) is 33.9 Å². The fourth-order valence-electron chi connectivity index (χ4n) is 2.33. The van der Waals surface area contributed by atoms with Crippen LogP contribution >= 0.6 is 23.1 Å². The van der Waals surface area contributed by atoms with Crippen LogP contribution in [-0.2, 0) is 4.74 Å². The van der Waals surface area contributed by atoms with Crippen molar-refractivity contribution in [3.63, 3.8) is 0 Å². The summed E-state index contributed by atoms with van der Waals surface area (Å²) in [6.45, 7) is 5.84. The van der Waals surface area contributed by atoms with Crippen molar-refractivity contribution in [2.24, 2.45) is 5.73 Å². The molecule has 1 aliphatic rings. The first kappa shape index (κ1) is 16.0. The molecule has 0 atom stereocenters. The van der Waals surface area contributed by atoms with Crippen molar-refractivity contribution in [2.45, 2.75) is 18.6 Å². The first-order valence-corrected chi connectivity index (χ1v) is 8.26. The first-order chi connectivity index (χ1) is 9.76. The third kappa shape index (κ3) is 3.11. The van der Waals surface area contributed by atoms with Crippen LogP contribution in [-0.4, -0.2) is 42.6 Å². The highest BCUT2D eigenvalue weighted by Crippen LogP contribution is 2.41. The highest BCUT2D eigenvalue weighted by molar-refractivity contribution is 8.00. The molecule has 0 saturated carbocycles. The lowest BCUT2D eigenvalue weighted by Gasteiger charge is -2.38. The number of amides is 1. The monoisotopic (exact) mass is 329 g/mol. The van der Waals surface area contributed by atoms with Gasteiger partial charge in [0.05, 0.1) is 18.4 Å². The van der Waals surface area contributed by atoms with E-state index >= 15 is 0 Å². The van der Waals surface area contributed by atoms with E-state index in [2.05, 4.69) is 18.7 Å². The smallest absolute Gasteiger partial charge is 0.350 e. The third-order valence-corrected chi connectivity index (χ3v) is 5.80. The summed E-state index contributed by atoms with van der Waals surface area (Å²) in [5.74, 6) is -0.224. The van der Waals surface area contributed by atoms with E-state index < -0.39 is 11.9 Å². The van der Waals surface area contributed by atoms with E-state index in [1.807, 2.05) is 11.8 Å². The molecular formula is C13H19N3O3S2. The molecule has 0 bridgehead atoms. The van der Waals surface area contributed by atoms with Crippen LogP contribution < -0.4 is 16.4 Å². The van der Waals surface area contributed by atoms with Crippen molar-refractivity contribution in [3.05, 3.63) is 10.4 Å². The Bertz CT molecular complexity index is 583. The lowest BCUT2D eigenvalue weighted by atomic mass is 10.1. The SMILES string of the molecule is COC(=O)c1sc(N2CCSC(C)(C)C2)c(C(N)=O)c1N. The molecule has 116 valence electrons. The summed E-state index contributed by atoms with van der Waals surface area (Å²) >= 11 is 3.05. The maximum atomic E-state index is 11.8. The molecule has 0 radical (unpaired) electrons. The molecule has 4 N–H and O–H groups in total. The Kier molecular flexibility index (Phi) is 4.38. The number of rotatable bonds is 3. The highest BCUT2D eigenvalue weighted by atomic mass is 32.2. The van der Waals surface area contributed by atoms with Gasteiger partial charge in [-0.3, -0.25) is 4.79 Å². The fraction of sp³-hybridized carbons (Fsp3) is 0.538. The van der Waals surface area contributed by atoms with Gasteiger partial charge in [0.2, 0.25) is 0 Å². The molecule has 1 aromatic heterocycles. The summed E-state index contributed by atoms with van der Waals surface area (Å²) in [4.78, 5) is 25.8. The molecule has 8 heteroatoms. The van der Waals surface area contributed by atoms with Crippen LogP contribution in [0.15, 0.2) is 0 Å². The van der Waals surface area contributed by atoms with E-state index in [4.69, 9.17) is 16.2 Å². The minimum Gasteiger partial charge on any atom is -0.465 e. The van der Waals surface area contributed by atoms with Gasteiger partial charge in [-0.2, -0.15) is 11.8 Å². The molecule has 0 aliphatic carbocycles. The number of carbonyl (C=O) groups is 2. The summed E-state index contributed by atoms with van der Waals surface area (Å²) in [5.41, 5.74) is 11.7. The largest absolute Gasteiger partial charge is 0.465 e. The summed E-state index contributed by atoms with van der Waals surface area (Å²) in [5, 5.41) is 0.661. The van der Waals surface area contributed by atoms with Gasteiger partial charge < -0.3 is 21.1 Å². The van der Waals surface area contributed by atoms with E-state index in [9.17, 15) is 9.59 Å². The standard InChI is InChI=1S/C13H19N3O3S2/c1-13(2)6-16(4-5-20-13)11-7(10(15)17)8(14)9(21-11)12(18)19-3/h4-6,14H2,1-3H3,(H2,15,17). The number of nitrogens with two attached hydrogens (primary N) is 2. The summed E-state index contributed by atoms with van der Waals surface area (Å²) in [7, 11) is 1.28. The van der Waals surface area contributed by atoms with Gasteiger partial charge >= 0.3 is 5.97 Å². The maximum Gasteiger partial charge on any atom is 0.350 e. The van der Waals surface area contributed by atoms with Crippen LogP contribution in [0.3, 0.4) is 0 Å². The Labute approximate surface area is 131 Å². The zero-order valence-corrected chi connectivity index (χ0v) is 13.9. The van der Waals surface area contributed by atoms with Crippen LogP contribution in [0.5, 0.6) is 0 Å². The molecule has 1 amide bonds. The Morgan fingerprint density at radius 1 is 1.38 bits per heavy atom. The van der Waals surface area contributed by atoms with E-state index in [1.165, 1.54) is 18.4 Å². The van der Waals surface area contributed by atoms with E-state index in [0.29, 0.717) is 5.00 Å². The summed E-state index contributed by atoms with van der Waals surface area (Å²) < 4.78 is 4.78. The molecule has 6 nitrogen and oxygen atoms in total. The number of primary amides is 1.